The Labute approximate surface area is 138 Å². The van der Waals surface area contributed by atoms with Crippen LogP contribution in [-0.4, -0.2) is 31.4 Å². The third-order valence-electron chi connectivity index (χ3n) is 3.87. The molecule has 5 N–H and O–H groups in total. The van der Waals surface area contributed by atoms with Gasteiger partial charge in [0, 0.05) is 11.3 Å². The van der Waals surface area contributed by atoms with E-state index in [1.807, 2.05) is 6.92 Å². The van der Waals surface area contributed by atoms with Crippen molar-refractivity contribution in [1.29, 1.82) is 0 Å². The number of aliphatic hydroxyl groups excluding tert-OH is 3. The number of rotatable bonds is 6. The van der Waals surface area contributed by atoms with E-state index >= 15 is 0 Å². The number of H-pyrrole nitrogens is 1. The van der Waals surface area contributed by atoms with Crippen LogP contribution in [-0.2, 0) is 26.2 Å². The summed E-state index contributed by atoms with van der Waals surface area (Å²) < 4.78 is 0. The second kappa shape index (κ2) is 7.14. The maximum atomic E-state index is 11.3. The van der Waals surface area contributed by atoms with Crippen LogP contribution in [0.25, 0.3) is 11.1 Å². The van der Waals surface area contributed by atoms with Crippen molar-refractivity contribution in [1.82, 2.24) is 4.98 Å². The van der Waals surface area contributed by atoms with Crippen molar-refractivity contribution in [3.05, 3.63) is 45.2 Å². The lowest BCUT2D eigenvalue weighted by Crippen LogP contribution is -2.03. The van der Waals surface area contributed by atoms with Crippen molar-refractivity contribution in [2.45, 2.75) is 33.2 Å². The van der Waals surface area contributed by atoms with Gasteiger partial charge in [0.25, 0.3) is 0 Å². The zero-order valence-corrected chi connectivity index (χ0v) is 13.3. The lowest BCUT2D eigenvalue weighted by Gasteiger charge is -2.16. The quantitative estimate of drug-likeness (QED) is 0.553. The van der Waals surface area contributed by atoms with E-state index in [9.17, 15) is 25.2 Å². The third-order valence-corrected chi connectivity index (χ3v) is 4.25. The lowest BCUT2D eigenvalue weighted by molar-refractivity contribution is 0.0691. The van der Waals surface area contributed by atoms with Gasteiger partial charge in [0.1, 0.15) is 5.69 Å². The molecule has 0 spiro atoms. The third kappa shape index (κ3) is 2.98. The first-order valence-corrected chi connectivity index (χ1v) is 7.48. The normalized spacial score (nSPS) is 11.0. The summed E-state index contributed by atoms with van der Waals surface area (Å²) >= 11 is 6.23. The van der Waals surface area contributed by atoms with Crippen LogP contribution in [0.3, 0.4) is 0 Å². The standard InChI is InChI=1S/C16H18ClNO5/c1-2-12-13(14(17)15(18-12)16(22)23)9-4-3-8(5-19)10(6-20)11(9)7-21/h3-4,18-21H,2,5-7H2,1H3,(H,22,23). The molecule has 0 bridgehead atoms. The largest absolute Gasteiger partial charge is 0.477 e. The summed E-state index contributed by atoms with van der Waals surface area (Å²) in [6, 6.07) is 3.29. The number of carboxylic acid groups (broad SMARTS) is 1. The zero-order chi connectivity index (χ0) is 17.1. The first-order chi connectivity index (χ1) is 11.0. The van der Waals surface area contributed by atoms with E-state index in [2.05, 4.69) is 4.98 Å². The number of aliphatic hydroxyl groups is 3. The lowest BCUT2D eigenvalue weighted by atomic mass is 9.92. The van der Waals surface area contributed by atoms with Crippen molar-refractivity contribution >= 4 is 17.6 Å². The topological polar surface area (TPSA) is 114 Å². The van der Waals surface area contributed by atoms with Crippen molar-refractivity contribution in [3.63, 3.8) is 0 Å². The van der Waals surface area contributed by atoms with Gasteiger partial charge in [-0.25, -0.2) is 4.79 Å². The monoisotopic (exact) mass is 339 g/mol. The molecular formula is C16H18ClNO5. The fraction of sp³-hybridized carbons (Fsp3) is 0.312. The highest BCUT2D eigenvalue weighted by molar-refractivity contribution is 6.36. The summed E-state index contributed by atoms with van der Waals surface area (Å²) in [7, 11) is 0. The number of carbonyl (C=O) groups is 1. The molecule has 1 heterocycles. The summed E-state index contributed by atoms with van der Waals surface area (Å²) in [5, 5.41) is 37.9. The van der Waals surface area contributed by atoms with Gasteiger partial charge in [0.15, 0.2) is 0 Å². The maximum Gasteiger partial charge on any atom is 0.353 e. The van der Waals surface area contributed by atoms with Gasteiger partial charge in [-0.15, -0.1) is 0 Å². The number of aryl methyl sites for hydroxylation is 1. The van der Waals surface area contributed by atoms with Crippen LogP contribution < -0.4 is 0 Å². The molecule has 0 fully saturated rings. The van der Waals surface area contributed by atoms with Crippen LogP contribution in [0.4, 0.5) is 0 Å². The Morgan fingerprint density at radius 3 is 2.26 bits per heavy atom. The van der Waals surface area contributed by atoms with Gasteiger partial charge in [0.2, 0.25) is 0 Å². The average molecular weight is 340 g/mol. The molecule has 1 aromatic carbocycles. The number of hydrogen-bond acceptors (Lipinski definition) is 4. The smallest absolute Gasteiger partial charge is 0.353 e. The maximum absolute atomic E-state index is 11.3. The molecule has 0 aliphatic rings. The van der Waals surface area contributed by atoms with Gasteiger partial charge < -0.3 is 25.4 Å². The van der Waals surface area contributed by atoms with E-state index in [-0.39, 0.29) is 30.5 Å². The van der Waals surface area contributed by atoms with Crippen LogP contribution >= 0.6 is 11.6 Å². The summed E-state index contributed by atoms with van der Waals surface area (Å²) in [4.78, 5) is 14.1. The van der Waals surface area contributed by atoms with Gasteiger partial charge in [-0.2, -0.15) is 0 Å². The number of nitrogens with one attached hydrogen (secondary N) is 1. The van der Waals surface area contributed by atoms with E-state index in [1.54, 1.807) is 12.1 Å². The van der Waals surface area contributed by atoms with Gasteiger partial charge in [0.05, 0.1) is 24.8 Å². The number of aromatic amines is 1. The van der Waals surface area contributed by atoms with Gasteiger partial charge in [-0.3, -0.25) is 0 Å². The molecule has 23 heavy (non-hydrogen) atoms. The molecular weight excluding hydrogens is 322 g/mol. The highest BCUT2D eigenvalue weighted by atomic mass is 35.5. The van der Waals surface area contributed by atoms with Crippen molar-refractivity contribution in [2.75, 3.05) is 0 Å². The van der Waals surface area contributed by atoms with E-state index < -0.39 is 5.97 Å². The molecule has 0 amide bonds. The molecule has 6 nitrogen and oxygen atoms in total. The first-order valence-electron chi connectivity index (χ1n) is 7.10. The Bertz CT molecular complexity index is 739. The van der Waals surface area contributed by atoms with E-state index in [0.29, 0.717) is 39.9 Å². The van der Waals surface area contributed by atoms with Crippen LogP contribution in [0.1, 0.15) is 39.8 Å². The van der Waals surface area contributed by atoms with E-state index in [0.717, 1.165) is 0 Å². The molecule has 2 aromatic rings. The molecule has 0 saturated carbocycles. The second-order valence-corrected chi connectivity index (χ2v) is 5.41. The van der Waals surface area contributed by atoms with Crippen molar-refractivity contribution in [2.24, 2.45) is 0 Å². The number of aromatic nitrogens is 1. The Balaban J connectivity index is 2.79. The molecule has 0 radical (unpaired) electrons. The number of hydrogen-bond donors (Lipinski definition) is 5. The second-order valence-electron chi connectivity index (χ2n) is 5.03. The molecule has 7 heteroatoms. The average Bonchev–Trinajstić information content (AvgIpc) is 2.89. The summed E-state index contributed by atoms with van der Waals surface area (Å²) in [5.74, 6) is -1.17. The predicted molar refractivity (Wildman–Crippen MR) is 85.3 cm³/mol. The van der Waals surface area contributed by atoms with Crippen LogP contribution in [0, 0.1) is 0 Å². The summed E-state index contributed by atoms with van der Waals surface area (Å²) in [6.07, 6.45) is 0.517. The fourth-order valence-electron chi connectivity index (χ4n) is 2.72. The molecule has 0 unspecified atom stereocenters. The minimum atomic E-state index is -1.17. The molecule has 0 aliphatic carbocycles. The summed E-state index contributed by atoms with van der Waals surface area (Å²) in [5.41, 5.74) is 2.90. The number of carboxylic acids is 1. The highest BCUT2D eigenvalue weighted by Crippen LogP contribution is 2.38. The molecule has 124 valence electrons. The molecule has 1 aromatic heterocycles. The predicted octanol–water partition coefficient (Wildman–Crippen LogP) is 2.07. The SMILES string of the molecule is CCc1[nH]c(C(=O)O)c(Cl)c1-c1ccc(CO)c(CO)c1CO. The minimum absolute atomic E-state index is 0.0599. The minimum Gasteiger partial charge on any atom is -0.477 e. The Kier molecular flexibility index (Phi) is 5.43. The first kappa shape index (κ1) is 17.5. The van der Waals surface area contributed by atoms with Crippen LogP contribution in [0.5, 0.6) is 0 Å². The van der Waals surface area contributed by atoms with E-state index in [1.165, 1.54) is 0 Å². The zero-order valence-electron chi connectivity index (χ0n) is 12.6. The van der Waals surface area contributed by atoms with Crippen molar-refractivity contribution in [3.8, 4) is 11.1 Å². The van der Waals surface area contributed by atoms with Crippen LogP contribution in [0.2, 0.25) is 5.02 Å². The van der Waals surface area contributed by atoms with Gasteiger partial charge in [-0.1, -0.05) is 30.7 Å². The van der Waals surface area contributed by atoms with E-state index in [4.69, 9.17) is 11.6 Å². The van der Waals surface area contributed by atoms with Crippen LogP contribution in [0.15, 0.2) is 12.1 Å². The number of benzene rings is 1. The number of halogens is 1. The Hall–Kier alpha value is -1.86. The van der Waals surface area contributed by atoms with Gasteiger partial charge >= 0.3 is 5.97 Å². The molecule has 0 aliphatic heterocycles. The summed E-state index contributed by atoms with van der Waals surface area (Å²) in [6.45, 7) is 0.858. The van der Waals surface area contributed by atoms with Crippen molar-refractivity contribution < 1.29 is 25.2 Å². The molecule has 2 rings (SSSR count). The Morgan fingerprint density at radius 2 is 1.78 bits per heavy atom. The highest BCUT2D eigenvalue weighted by Gasteiger charge is 2.24. The molecule has 0 saturated heterocycles. The molecule has 0 atom stereocenters. The van der Waals surface area contributed by atoms with Gasteiger partial charge in [-0.05, 0) is 28.7 Å². The Morgan fingerprint density at radius 1 is 1.13 bits per heavy atom. The fourth-order valence-corrected chi connectivity index (χ4v) is 3.06. The number of aromatic carboxylic acids is 1.